The van der Waals surface area contributed by atoms with E-state index in [1.54, 1.807) is 0 Å². The van der Waals surface area contributed by atoms with Crippen molar-refractivity contribution in [2.24, 2.45) is 0 Å². The van der Waals surface area contributed by atoms with Gasteiger partial charge in [0.15, 0.2) is 0 Å². The van der Waals surface area contributed by atoms with Crippen LogP contribution in [0.15, 0.2) is 0 Å². The first-order valence-corrected chi connectivity index (χ1v) is 9.23. The molecule has 0 N–H and O–H groups in total. The molecule has 0 aliphatic heterocycles. The number of ether oxygens (including phenoxy) is 1. The number of carbonyl (C=O) groups is 1. The van der Waals surface area contributed by atoms with Gasteiger partial charge < -0.3 is 13.8 Å². The van der Waals surface area contributed by atoms with Crippen LogP contribution in [-0.2, 0) is 30.4 Å². The summed E-state index contributed by atoms with van der Waals surface area (Å²) in [5.74, 6) is -0.158. The summed E-state index contributed by atoms with van der Waals surface area (Å²) in [6, 6.07) is 0. The number of rotatable bonds is 7. The quantitative estimate of drug-likeness (QED) is 0.406. The molecule has 0 amide bonds. The van der Waals surface area contributed by atoms with Crippen LogP contribution in [0.2, 0.25) is 0 Å². The Kier molecular flexibility index (Phi) is 7.85. The third-order valence-electron chi connectivity index (χ3n) is 1.15. The maximum Gasteiger partial charge on any atom is 0.303 e. The predicted molar refractivity (Wildman–Crippen MR) is 71.0 cm³/mol. The highest BCUT2D eigenvalue weighted by Crippen LogP contribution is 2.62. The van der Waals surface area contributed by atoms with E-state index in [9.17, 15) is 4.79 Å². The van der Waals surface area contributed by atoms with Crippen LogP contribution >= 0.6 is 17.1 Å². The summed E-state index contributed by atoms with van der Waals surface area (Å²) in [5.41, 5.74) is -2.42. The first kappa shape index (κ1) is 16.4. The molecule has 0 aromatic heterocycles. The average Bonchev–Trinajstić information content (AvgIpc) is 1.98. The summed E-state index contributed by atoms with van der Waals surface area (Å²) in [6.07, 6.45) is -0.0103. The molecule has 0 unspecified atom stereocenters. The lowest BCUT2D eigenvalue weighted by atomic mass is 10.5. The zero-order valence-corrected chi connectivity index (χ0v) is 12.8. The van der Waals surface area contributed by atoms with Gasteiger partial charge in [-0.25, -0.2) is 0 Å². The maximum atomic E-state index is 10.6. The molecule has 0 aromatic carbocycles. The number of hydrogen-bond acceptors (Lipinski definition) is 6. The zero-order chi connectivity index (χ0) is 12.8. The molecular formula is C9H19O4PS2. The third kappa shape index (κ3) is 8.53. The molecule has 0 heterocycles. The van der Waals surface area contributed by atoms with Crippen molar-refractivity contribution in [3.05, 3.63) is 0 Å². The van der Waals surface area contributed by atoms with Gasteiger partial charge in [0.05, 0.1) is 12.2 Å². The lowest BCUT2D eigenvalue weighted by molar-refractivity contribution is -0.138. The normalized spacial score (nSPS) is 12.2. The van der Waals surface area contributed by atoms with Crippen molar-refractivity contribution < 1.29 is 18.6 Å². The van der Waals surface area contributed by atoms with Gasteiger partial charge in [-0.2, -0.15) is 0 Å². The average molecular weight is 286 g/mol. The van der Waals surface area contributed by atoms with Crippen LogP contribution in [0.3, 0.4) is 0 Å². The molecule has 7 heteroatoms. The van der Waals surface area contributed by atoms with Crippen molar-refractivity contribution in [1.29, 1.82) is 0 Å². The highest BCUT2D eigenvalue weighted by atomic mass is 32.9. The van der Waals surface area contributed by atoms with E-state index in [2.05, 4.69) is 0 Å². The second kappa shape index (κ2) is 7.67. The van der Waals surface area contributed by atoms with Crippen molar-refractivity contribution in [1.82, 2.24) is 0 Å². The van der Waals surface area contributed by atoms with Gasteiger partial charge >= 0.3 is 5.97 Å². The molecular weight excluding hydrogens is 267 g/mol. The second-order valence-corrected chi connectivity index (χ2v) is 9.80. The zero-order valence-electron chi connectivity index (χ0n) is 10.3. The SMILES string of the molecule is CC(=O)OCSP(=S)(OC(C)C)OC(C)C. The highest BCUT2D eigenvalue weighted by Gasteiger charge is 2.23. The number of esters is 1. The van der Waals surface area contributed by atoms with Crippen LogP contribution in [-0.4, -0.2) is 24.1 Å². The van der Waals surface area contributed by atoms with Crippen LogP contribution in [0, 0.1) is 0 Å². The second-order valence-electron chi connectivity index (χ2n) is 3.64. The molecule has 96 valence electrons. The van der Waals surface area contributed by atoms with Gasteiger partial charge in [-0.05, 0) is 50.9 Å². The van der Waals surface area contributed by atoms with E-state index in [0.717, 1.165) is 0 Å². The van der Waals surface area contributed by atoms with Crippen molar-refractivity contribution in [3.8, 4) is 0 Å². The molecule has 0 radical (unpaired) electrons. The summed E-state index contributed by atoms with van der Waals surface area (Å²) in [5, 5.41) is 0. The minimum Gasteiger partial charge on any atom is -0.454 e. The molecule has 0 spiro atoms. The molecule has 0 saturated heterocycles. The predicted octanol–water partition coefficient (Wildman–Crippen LogP) is 3.31. The molecule has 0 aliphatic rings. The minimum atomic E-state index is -2.42. The van der Waals surface area contributed by atoms with Crippen LogP contribution in [0.1, 0.15) is 34.6 Å². The van der Waals surface area contributed by atoms with E-state index in [1.165, 1.54) is 18.3 Å². The Labute approximate surface area is 106 Å². The minimum absolute atomic E-state index is 0.00517. The molecule has 16 heavy (non-hydrogen) atoms. The molecule has 0 bridgehead atoms. The number of hydrogen-bond donors (Lipinski definition) is 0. The molecule has 0 rings (SSSR count). The van der Waals surface area contributed by atoms with E-state index >= 15 is 0 Å². The maximum absolute atomic E-state index is 10.6. The smallest absolute Gasteiger partial charge is 0.303 e. The van der Waals surface area contributed by atoms with E-state index in [-0.39, 0.29) is 24.1 Å². The van der Waals surface area contributed by atoms with Crippen LogP contribution in [0.4, 0.5) is 0 Å². The van der Waals surface area contributed by atoms with E-state index in [4.69, 9.17) is 25.6 Å². The van der Waals surface area contributed by atoms with Crippen molar-refractivity contribution in [2.75, 3.05) is 5.94 Å². The Morgan fingerprint density at radius 2 is 1.69 bits per heavy atom. The molecule has 4 nitrogen and oxygen atoms in total. The van der Waals surface area contributed by atoms with Gasteiger partial charge in [0.1, 0.15) is 5.94 Å². The first-order valence-electron chi connectivity index (χ1n) is 5.00. The Bertz CT molecular complexity index is 254. The van der Waals surface area contributed by atoms with Crippen molar-refractivity contribution in [2.45, 2.75) is 46.8 Å². The van der Waals surface area contributed by atoms with Crippen molar-refractivity contribution >= 4 is 34.9 Å². The fourth-order valence-corrected chi connectivity index (χ4v) is 5.69. The van der Waals surface area contributed by atoms with Gasteiger partial charge in [-0.1, -0.05) is 0 Å². The fraction of sp³-hybridized carbons (Fsp3) is 0.889. The summed E-state index contributed by atoms with van der Waals surface area (Å²) in [7, 11) is 0. The lowest BCUT2D eigenvalue weighted by Crippen LogP contribution is -2.07. The lowest BCUT2D eigenvalue weighted by Gasteiger charge is -2.25. The first-order chi connectivity index (χ1) is 7.25. The summed E-state index contributed by atoms with van der Waals surface area (Å²) in [6.45, 7) is 8.96. The largest absolute Gasteiger partial charge is 0.454 e. The highest BCUT2D eigenvalue weighted by molar-refractivity contribution is 8.67. The van der Waals surface area contributed by atoms with Crippen molar-refractivity contribution in [3.63, 3.8) is 0 Å². The monoisotopic (exact) mass is 286 g/mol. The van der Waals surface area contributed by atoms with Crippen LogP contribution in [0.25, 0.3) is 0 Å². The number of carbonyl (C=O) groups excluding carboxylic acids is 1. The Morgan fingerprint density at radius 1 is 1.25 bits per heavy atom. The standard InChI is InChI=1S/C9H19O4PS2/c1-7(2)12-14(15,13-8(3)4)16-6-11-9(5)10/h7-8H,6H2,1-5H3. The van der Waals surface area contributed by atoms with E-state index in [1.807, 2.05) is 27.7 Å². The van der Waals surface area contributed by atoms with Gasteiger partial charge in [-0.15, -0.1) is 0 Å². The Balaban J connectivity index is 4.30. The van der Waals surface area contributed by atoms with E-state index in [0.29, 0.717) is 0 Å². The van der Waals surface area contributed by atoms with Crippen LogP contribution < -0.4 is 0 Å². The van der Waals surface area contributed by atoms with Gasteiger partial charge in [0, 0.05) is 6.92 Å². The van der Waals surface area contributed by atoms with Crippen LogP contribution in [0.5, 0.6) is 0 Å². The summed E-state index contributed by atoms with van der Waals surface area (Å²) >= 11 is 6.59. The summed E-state index contributed by atoms with van der Waals surface area (Å²) < 4.78 is 16.0. The Morgan fingerprint density at radius 3 is 2.00 bits per heavy atom. The molecule has 0 atom stereocenters. The van der Waals surface area contributed by atoms with E-state index < -0.39 is 5.69 Å². The van der Waals surface area contributed by atoms with Gasteiger partial charge in [-0.3, -0.25) is 4.79 Å². The molecule has 0 fully saturated rings. The molecule has 0 aliphatic carbocycles. The van der Waals surface area contributed by atoms with Gasteiger partial charge in [0.2, 0.25) is 0 Å². The molecule has 0 aromatic rings. The molecule has 0 saturated carbocycles. The topological polar surface area (TPSA) is 44.8 Å². The summed E-state index contributed by atoms with van der Waals surface area (Å²) in [4.78, 5) is 10.6. The Hall–Kier alpha value is 0.390. The van der Waals surface area contributed by atoms with Gasteiger partial charge in [0.25, 0.3) is 5.69 Å². The third-order valence-corrected chi connectivity index (χ3v) is 6.30. The fourth-order valence-electron chi connectivity index (χ4n) is 0.776.